The predicted octanol–water partition coefficient (Wildman–Crippen LogP) is 3.77. The number of aliphatic imine (C=N–C) groups is 1. The fourth-order valence-electron chi connectivity index (χ4n) is 3.84. The van der Waals surface area contributed by atoms with Crippen LogP contribution in [-0.2, 0) is 11.3 Å². The van der Waals surface area contributed by atoms with Gasteiger partial charge in [-0.1, -0.05) is 18.6 Å². The largest absolute Gasteiger partial charge is 0.360 e. The van der Waals surface area contributed by atoms with E-state index in [2.05, 4.69) is 50.9 Å². The van der Waals surface area contributed by atoms with Gasteiger partial charge in [0.25, 0.3) is 0 Å². The summed E-state index contributed by atoms with van der Waals surface area (Å²) in [6.45, 7) is 7.49. The van der Waals surface area contributed by atoms with Crippen LogP contribution in [0.5, 0.6) is 0 Å². The molecule has 0 unspecified atom stereocenters. The Morgan fingerprint density at radius 2 is 2.00 bits per heavy atom. The molecule has 0 bridgehead atoms. The van der Waals surface area contributed by atoms with Gasteiger partial charge in [0.15, 0.2) is 5.96 Å². The second kappa shape index (κ2) is 9.98. The first-order chi connectivity index (χ1) is 14.7. The third-order valence-corrected chi connectivity index (χ3v) is 6.74. The molecule has 2 N–H and O–H groups in total. The summed E-state index contributed by atoms with van der Waals surface area (Å²) in [5.74, 6) is 1.31. The van der Waals surface area contributed by atoms with Crippen LogP contribution in [0.15, 0.2) is 46.8 Å². The molecule has 30 heavy (non-hydrogen) atoms. The first-order valence-electron chi connectivity index (χ1n) is 10.9. The molecule has 1 saturated carbocycles. The normalized spacial score (nSPS) is 17.6. The molecule has 160 valence electrons. The van der Waals surface area contributed by atoms with Crippen molar-refractivity contribution >= 4 is 33.9 Å². The van der Waals surface area contributed by atoms with Crippen molar-refractivity contribution < 1.29 is 4.79 Å². The average molecular weight is 426 g/mol. The van der Waals surface area contributed by atoms with E-state index < -0.39 is 0 Å². The maximum Gasteiger partial charge on any atom is 0.227 e. The van der Waals surface area contributed by atoms with Crippen LogP contribution in [0, 0.1) is 5.92 Å². The third kappa shape index (κ3) is 5.14. The smallest absolute Gasteiger partial charge is 0.227 e. The van der Waals surface area contributed by atoms with Crippen LogP contribution in [0.25, 0.3) is 0 Å². The Morgan fingerprint density at radius 3 is 2.67 bits per heavy atom. The molecule has 1 aliphatic heterocycles. The number of amides is 1. The number of piperazine rings is 1. The van der Waals surface area contributed by atoms with Crippen molar-refractivity contribution in [3.05, 3.63) is 47.3 Å². The van der Waals surface area contributed by atoms with Crippen molar-refractivity contribution in [1.29, 1.82) is 0 Å². The second-order valence-electron chi connectivity index (χ2n) is 7.91. The standard InChI is InChI=1S/C23H31N5OS/c1-2-24-23(28-13-11-27(12-14-28)21-10-5-15-30-21)25-17-18-6-3-9-20(16-18)26-22(29)19-7-4-8-19/h3,5-6,9-10,15-16,19H,2,4,7-8,11-14,17H2,1H3,(H,24,25)(H,26,29). The minimum absolute atomic E-state index is 0.152. The Balaban J connectivity index is 1.35. The number of benzene rings is 1. The SMILES string of the molecule is CCNC(=NCc1cccc(NC(=O)C2CCC2)c1)N1CCN(c2cccs2)CC1. The summed E-state index contributed by atoms with van der Waals surface area (Å²) in [7, 11) is 0. The molecule has 2 fully saturated rings. The molecule has 4 rings (SSSR count). The van der Waals surface area contributed by atoms with Crippen molar-refractivity contribution in [3.8, 4) is 0 Å². The molecule has 6 nitrogen and oxygen atoms in total. The summed E-state index contributed by atoms with van der Waals surface area (Å²) in [5, 5.41) is 9.98. The monoisotopic (exact) mass is 425 g/mol. The maximum absolute atomic E-state index is 12.2. The van der Waals surface area contributed by atoms with Crippen molar-refractivity contribution in [2.24, 2.45) is 10.9 Å². The number of thiophene rings is 1. The molecule has 1 aromatic carbocycles. The number of anilines is 2. The second-order valence-corrected chi connectivity index (χ2v) is 8.84. The summed E-state index contributed by atoms with van der Waals surface area (Å²) >= 11 is 1.80. The number of nitrogens with zero attached hydrogens (tertiary/aromatic N) is 3. The summed E-state index contributed by atoms with van der Waals surface area (Å²) in [6.07, 6.45) is 3.20. The number of hydrogen-bond donors (Lipinski definition) is 2. The molecule has 0 atom stereocenters. The molecule has 7 heteroatoms. The highest BCUT2D eigenvalue weighted by Crippen LogP contribution is 2.27. The Labute approximate surface area is 183 Å². The number of carbonyl (C=O) groups excluding carboxylic acids is 1. The summed E-state index contributed by atoms with van der Waals surface area (Å²) in [5.41, 5.74) is 1.98. The van der Waals surface area contributed by atoms with Crippen LogP contribution < -0.4 is 15.5 Å². The van der Waals surface area contributed by atoms with Crippen LogP contribution in [0.3, 0.4) is 0 Å². The van der Waals surface area contributed by atoms with E-state index in [9.17, 15) is 4.79 Å². The molecule has 1 aliphatic carbocycles. The zero-order chi connectivity index (χ0) is 20.8. The van der Waals surface area contributed by atoms with Gasteiger partial charge in [0.2, 0.25) is 5.91 Å². The molecule has 1 aromatic heterocycles. The van der Waals surface area contributed by atoms with Crippen molar-refractivity contribution in [1.82, 2.24) is 10.2 Å². The maximum atomic E-state index is 12.2. The first kappa shape index (κ1) is 20.7. The van der Waals surface area contributed by atoms with E-state index in [0.29, 0.717) is 6.54 Å². The zero-order valence-electron chi connectivity index (χ0n) is 17.6. The van der Waals surface area contributed by atoms with Crippen LogP contribution in [0.4, 0.5) is 10.7 Å². The highest BCUT2D eigenvalue weighted by atomic mass is 32.1. The van der Waals surface area contributed by atoms with Gasteiger partial charge >= 0.3 is 0 Å². The van der Waals surface area contributed by atoms with Gasteiger partial charge in [-0.15, -0.1) is 11.3 Å². The van der Waals surface area contributed by atoms with E-state index >= 15 is 0 Å². The molecule has 2 aliphatic rings. The Morgan fingerprint density at radius 1 is 1.17 bits per heavy atom. The van der Waals surface area contributed by atoms with Gasteiger partial charge in [-0.3, -0.25) is 4.79 Å². The van der Waals surface area contributed by atoms with Gasteiger partial charge in [0, 0.05) is 44.3 Å². The lowest BCUT2D eigenvalue weighted by Gasteiger charge is -2.37. The summed E-state index contributed by atoms with van der Waals surface area (Å²) in [6, 6.07) is 12.4. The van der Waals surface area contributed by atoms with E-state index in [-0.39, 0.29) is 11.8 Å². The number of hydrogen-bond acceptors (Lipinski definition) is 4. The van der Waals surface area contributed by atoms with Gasteiger partial charge in [-0.2, -0.15) is 0 Å². The summed E-state index contributed by atoms with van der Waals surface area (Å²) < 4.78 is 0. The quantitative estimate of drug-likeness (QED) is 0.546. The van der Waals surface area contributed by atoms with Gasteiger partial charge in [0.05, 0.1) is 11.5 Å². The molecular weight excluding hydrogens is 394 g/mol. The molecule has 0 spiro atoms. The lowest BCUT2D eigenvalue weighted by molar-refractivity contribution is -0.122. The van der Waals surface area contributed by atoms with Gasteiger partial charge in [0.1, 0.15) is 0 Å². The fraction of sp³-hybridized carbons (Fsp3) is 0.478. The van der Waals surface area contributed by atoms with E-state index in [1.807, 2.05) is 18.2 Å². The number of rotatable bonds is 6. The molecule has 1 saturated heterocycles. The minimum atomic E-state index is 0.152. The molecule has 2 aromatic rings. The van der Waals surface area contributed by atoms with Gasteiger partial charge in [-0.05, 0) is 55.0 Å². The van der Waals surface area contributed by atoms with Crippen LogP contribution >= 0.6 is 11.3 Å². The van der Waals surface area contributed by atoms with Crippen LogP contribution in [-0.4, -0.2) is 49.5 Å². The summed E-state index contributed by atoms with van der Waals surface area (Å²) in [4.78, 5) is 21.9. The van der Waals surface area contributed by atoms with Crippen molar-refractivity contribution in [2.75, 3.05) is 42.9 Å². The first-order valence-corrected chi connectivity index (χ1v) is 11.8. The minimum Gasteiger partial charge on any atom is -0.360 e. The Bertz CT molecular complexity index is 854. The van der Waals surface area contributed by atoms with Gasteiger partial charge in [-0.25, -0.2) is 4.99 Å². The van der Waals surface area contributed by atoms with Crippen LogP contribution in [0.1, 0.15) is 31.7 Å². The molecule has 2 heterocycles. The van der Waals surface area contributed by atoms with Gasteiger partial charge < -0.3 is 20.4 Å². The highest BCUT2D eigenvalue weighted by molar-refractivity contribution is 7.14. The van der Waals surface area contributed by atoms with E-state index in [1.54, 1.807) is 11.3 Å². The molecule has 0 radical (unpaired) electrons. The number of carbonyl (C=O) groups is 1. The number of nitrogens with one attached hydrogen (secondary N) is 2. The van der Waals surface area contributed by atoms with Crippen LogP contribution in [0.2, 0.25) is 0 Å². The average Bonchev–Trinajstić information content (AvgIpc) is 3.25. The third-order valence-electron chi connectivity index (χ3n) is 5.81. The van der Waals surface area contributed by atoms with E-state index in [1.165, 1.54) is 11.4 Å². The van der Waals surface area contributed by atoms with E-state index in [0.717, 1.165) is 62.8 Å². The zero-order valence-corrected chi connectivity index (χ0v) is 18.5. The molecule has 1 amide bonds. The van der Waals surface area contributed by atoms with Crippen molar-refractivity contribution in [2.45, 2.75) is 32.7 Å². The van der Waals surface area contributed by atoms with E-state index in [4.69, 9.17) is 4.99 Å². The highest BCUT2D eigenvalue weighted by Gasteiger charge is 2.25. The lowest BCUT2D eigenvalue weighted by atomic mass is 9.85. The lowest BCUT2D eigenvalue weighted by Crippen LogP contribution is -2.52. The fourth-order valence-corrected chi connectivity index (χ4v) is 4.63. The molecular formula is C23H31N5OS. The Kier molecular flexibility index (Phi) is 6.89. The Hall–Kier alpha value is -2.54. The van der Waals surface area contributed by atoms with Crippen molar-refractivity contribution in [3.63, 3.8) is 0 Å². The number of guanidine groups is 1. The topological polar surface area (TPSA) is 60.0 Å². The predicted molar refractivity (Wildman–Crippen MR) is 125 cm³/mol.